The van der Waals surface area contributed by atoms with Crippen molar-refractivity contribution < 1.29 is 28.5 Å². The maximum Gasteiger partial charge on any atom is 0.338 e. The van der Waals surface area contributed by atoms with Gasteiger partial charge in [0.2, 0.25) is 0 Å². The average Bonchev–Trinajstić information content (AvgIpc) is 3.06. The first kappa shape index (κ1) is 32.8. The summed E-state index contributed by atoms with van der Waals surface area (Å²) < 4.78 is 22.0. The molecular formula is C37H45NO6. The number of carbonyl (C=O) groups is 2. The molecule has 44 heavy (non-hydrogen) atoms. The number of hydrogen-bond donors (Lipinski definition) is 0. The van der Waals surface area contributed by atoms with Crippen LogP contribution in [-0.2, 0) is 32.0 Å². The molecule has 0 aromatic heterocycles. The number of unbranched alkanes of at least 4 members (excludes halogenated alkanes) is 1. The van der Waals surface area contributed by atoms with Gasteiger partial charge < -0.3 is 23.8 Å². The van der Waals surface area contributed by atoms with Crippen LogP contribution in [0.5, 0.6) is 5.75 Å². The van der Waals surface area contributed by atoms with Gasteiger partial charge in [-0.05, 0) is 80.5 Å². The molecule has 0 aliphatic carbocycles. The Balaban J connectivity index is 1.40. The highest BCUT2D eigenvalue weighted by atomic mass is 16.5. The molecule has 0 amide bonds. The quantitative estimate of drug-likeness (QED) is 0.127. The molecule has 1 atom stereocenters. The van der Waals surface area contributed by atoms with Gasteiger partial charge in [-0.25, -0.2) is 4.79 Å². The van der Waals surface area contributed by atoms with Crippen LogP contribution < -0.4 is 9.64 Å². The fourth-order valence-corrected chi connectivity index (χ4v) is 5.24. The molecule has 7 nitrogen and oxygen atoms in total. The van der Waals surface area contributed by atoms with E-state index in [0.29, 0.717) is 31.8 Å². The fourth-order valence-electron chi connectivity index (χ4n) is 5.24. The normalized spacial score (nSPS) is 13.9. The molecule has 1 unspecified atom stereocenters. The lowest BCUT2D eigenvalue weighted by atomic mass is 9.92. The number of benzene rings is 3. The van der Waals surface area contributed by atoms with Gasteiger partial charge in [0.1, 0.15) is 12.4 Å². The minimum atomic E-state index is -0.306. The van der Waals surface area contributed by atoms with E-state index in [1.165, 1.54) is 5.69 Å². The summed E-state index contributed by atoms with van der Waals surface area (Å²) >= 11 is 0. The van der Waals surface area contributed by atoms with Crippen LogP contribution in [0, 0.1) is 5.92 Å². The molecule has 1 aliphatic rings. The summed E-state index contributed by atoms with van der Waals surface area (Å²) in [6, 6.07) is 24.3. The van der Waals surface area contributed by atoms with Crippen molar-refractivity contribution in [1.29, 1.82) is 0 Å². The standard InChI is InChI=1S/C37H45NO6/c1-3-42-36(39)12-8-5-9-29(27-30-14-19-33(20-15-30)37(40)43-4-2)13-18-32-10-6-7-11-35(32)44-28-31-16-21-34(22-17-31)38-23-25-41-26-24-38/h6-7,10-11,13-22,29H,3-5,8-9,12,23-28H2,1-2H3/b18-13+. The van der Waals surface area contributed by atoms with Crippen molar-refractivity contribution in [2.75, 3.05) is 44.4 Å². The number of para-hydroxylation sites is 1. The summed E-state index contributed by atoms with van der Waals surface area (Å²) in [4.78, 5) is 26.2. The van der Waals surface area contributed by atoms with Gasteiger partial charge in [-0.3, -0.25) is 4.79 Å². The number of morpholine rings is 1. The van der Waals surface area contributed by atoms with Crippen molar-refractivity contribution in [2.45, 2.75) is 52.6 Å². The van der Waals surface area contributed by atoms with Gasteiger partial charge in [-0.15, -0.1) is 0 Å². The molecule has 4 rings (SSSR count). The molecule has 0 radical (unpaired) electrons. The van der Waals surface area contributed by atoms with E-state index in [-0.39, 0.29) is 17.9 Å². The maximum absolute atomic E-state index is 12.1. The van der Waals surface area contributed by atoms with Gasteiger partial charge in [0.25, 0.3) is 0 Å². The third kappa shape index (κ3) is 10.6. The monoisotopic (exact) mass is 599 g/mol. The lowest BCUT2D eigenvalue weighted by Gasteiger charge is -2.28. The number of anilines is 1. The van der Waals surface area contributed by atoms with Crippen LogP contribution in [0.25, 0.3) is 6.08 Å². The second-order valence-electron chi connectivity index (χ2n) is 10.9. The summed E-state index contributed by atoms with van der Waals surface area (Å²) in [5, 5.41) is 0. The second-order valence-corrected chi connectivity index (χ2v) is 10.9. The van der Waals surface area contributed by atoms with Crippen LogP contribution in [0.2, 0.25) is 0 Å². The van der Waals surface area contributed by atoms with E-state index in [1.54, 1.807) is 6.92 Å². The zero-order valence-corrected chi connectivity index (χ0v) is 26.0. The number of hydrogen-bond acceptors (Lipinski definition) is 7. The summed E-state index contributed by atoms with van der Waals surface area (Å²) in [5.74, 6) is 0.627. The largest absolute Gasteiger partial charge is 0.488 e. The molecule has 0 N–H and O–H groups in total. The first-order valence-corrected chi connectivity index (χ1v) is 15.8. The van der Waals surface area contributed by atoms with Crippen molar-refractivity contribution in [1.82, 2.24) is 0 Å². The van der Waals surface area contributed by atoms with E-state index < -0.39 is 0 Å². The van der Waals surface area contributed by atoms with Crippen molar-refractivity contribution >= 4 is 23.7 Å². The molecule has 1 aliphatic heterocycles. The van der Waals surface area contributed by atoms with Crippen LogP contribution >= 0.6 is 0 Å². The van der Waals surface area contributed by atoms with E-state index in [1.807, 2.05) is 49.4 Å². The molecule has 234 valence electrons. The lowest BCUT2D eigenvalue weighted by Crippen LogP contribution is -2.36. The van der Waals surface area contributed by atoms with Gasteiger partial charge in [-0.2, -0.15) is 0 Å². The minimum absolute atomic E-state index is 0.143. The first-order valence-electron chi connectivity index (χ1n) is 15.8. The molecule has 1 heterocycles. The van der Waals surface area contributed by atoms with Crippen LogP contribution in [0.4, 0.5) is 5.69 Å². The van der Waals surface area contributed by atoms with Crippen LogP contribution in [0.15, 0.2) is 78.9 Å². The van der Waals surface area contributed by atoms with E-state index in [4.69, 9.17) is 18.9 Å². The predicted octanol–water partition coefficient (Wildman–Crippen LogP) is 7.27. The van der Waals surface area contributed by atoms with Gasteiger partial charge in [0, 0.05) is 30.8 Å². The van der Waals surface area contributed by atoms with Crippen molar-refractivity contribution in [3.63, 3.8) is 0 Å². The number of carbonyl (C=O) groups excluding carboxylic acids is 2. The van der Waals surface area contributed by atoms with Gasteiger partial charge in [-0.1, -0.05) is 61.0 Å². The summed E-state index contributed by atoms with van der Waals surface area (Å²) in [6.45, 7) is 8.25. The molecule has 0 bridgehead atoms. The first-order chi connectivity index (χ1) is 21.6. The Hall–Kier alpha value is -4.10. The van der Waals surface area contributed by atoms with Crippen LogP contribution in [0.3, 0.4) is 0 Å². The highest BCUT2D eigenvalue weighted by molar-refractivity contribution is 5.89. The molecule has 0 spiro atoms. The van der Waals surface area contributed by atoms with Crippen LogP contribution in [-0.4, -0.2) is 51.5 Å². The summed E-state index contributed by atoms with van der Waals surface area (Å²) in [5.41, 5.74) is 5.05. The molecule has 1 fully saturated rings. The summed E-state index contributed by atoms with van der Waals surface area (Å²) in [6.07, 6.45) is 8.25. The number of nitrogens with zero attached hydrogens (tertiary/aromatic N) is 1. The molecule has 7 heteroatoms. The van der Waals surface area contributed by atoms with Gasteiger partial charge in [0.15, 0.2) is 0 Å². The Morgan fingerprint density at radius 1 is 0.864 bits per heavy atom. The third-order valence-electron chi connectivity index (χ3n) is 7.65. The highest BCUT2D eigenvalue weighted by Crippen LogP contribution is 2.25. The van der Waals surface area contributed by atoms with Crippen LogP contribution in [0.1, 0.15) is 66.6 Å². The van der Waals surface area contributed by atoms with Crippen molar-refractivity contribution in [3.05, 3.63) is 101 Å². The summed E-state index contributed by atoms with van der Waals surface area (Å²) in [7, 11) is 0. The lowest BCUT2D eigenvalue weighted by molar-refractivity contribution is -0.143. The van der Waals surface area contributed by atoms with E-state index in [0.717, 1.165) is 74.4 Å². The number of ether oxygens (including phenoxy) is 4. The van der Waals surface area contributed by atoms with Gasteiger partial charge >= 0.3 is 11.9 Å². The molecule has 3 aromatic carbocycles. The van der Waals surface area contributed by atoms with Crippen molar-refractivity contribution in [2.24, 2.45) is 5.92 Å². The predicted molar refractivity (Wildman–Crippen MR) is 174 cm³/mol. The van der Waals surface area contributed by atoms with E-state index in [2.05, 4.69) is 47.4 Å². The smallest absolute Gasteiger partial charge is 0.338 e. The molecule has 3 aromatic rings. The molecular weight excluding hydrogens is 554 g/mol. The topological polar surface area (TPSA) is 74.3 Å². The second kappa shape index (κ2) is 17.9. The zero-order valence-electron chi connectivity index (χ0n) is 26.0. The Bertz CT molecular complexity index is 1330. The zero-order chi connectivity index (χ0) is 31.0. The third-order valence-corrected chi connectivity index (χ3v) is 7.65. The Morgan fingerprint density at radius 2 is 1.57 bits per heavy atom. The maximum atomic E-state index is 12.1. The number of esters is 2. The molecule has 0 saturated carbocycles. The van der Waals surface area contributed by atoms with E-state index in [9.17, 15) is 9.59 Å². The van der Waals surface area contributed by atoms with E-state index >= 15 is 0 Å². The average molecular weight is 600 g/mol. The fraction of sp³-hybridized carbons (Fsp3) is 0.405. The van der Waals surface area contributed by atoms with Crippen molar-refractivity contribution in [3.8, 4) is 5.75 Å². The minimum Gasteiger partial charge on any atom is -0.488 e. The highest BCUT2D eigenvalue weighted by Gasteiger charge is 2.13. The SMILES string of the molecule is CCOC(=O)CCCCC(/C=C/c1ccccc1OCc1ccc(N2CCOCC2)cc1)Cc1ccc(C(=O)OCC)cc1. The molecule has 1 saturated heterocycles. The number of rotatable bonds is 16. The Labute approximate surface area is 261 Å². The number of allylic oxidation sites excluding steroid dienone is 1. The Kier molecular flexibility index (Phi) is 13.3. The van der Waals surface area contributed by atoms with Gasteiger partial charge in [0.05, 0.1) is 32.0 Å². The Morgan fingerprint density at radius 3 is 2.30 bits per heavy atom.